The van der Waals surface area contributed by atoms with Gasteiger partial charge in [0.25, 0.3) is 0 Å². The van der Waals surface area contributed by atoms with Crippen LogP contribution < -0.4 is 16.0 Å². The van der Waals surface area contributed by atoms with E-state index in [9.17, 15) is 9.59 Å². The molecule has 0 heterocycles. The molecular weight excluding hydrogens is 326 g/mol. The molecule has 3 amide bonds. The predicted molar refractivity (Wildman–Crippen MR) is 101 cm³/mol. The van der Waals surface area contributed by atoms with Crippen molar-refractivity contribution < 1.29 is 9.59 Å². The Hall–Kier alpha value is -2.82. The van der Waals surface area contributed by atoms with Crippen molar-refractivity contribution in [3.05, 3.63) is 65.2 Å². The highest BCUT2D eigenvalue weighted by atomic mass is 16.2. The maximum absolute atomic E-state index is 12.5. The fourth-order valence-corrected chi connectivity index (χ4v) is 3.33. The lowest BCUT2D eigenvalue weighted by Gasteiger charge is -2.30. The zero-order valence-electron chi connectivity index (χ0n) is 14.8. The number of anilines is 1. The first kappa shape index (κ1) is 16.6. The zero-order chi connectivity index (χ0) is 18.1. The number of hydrogen-bond donors (Lipinski definition) is 3. The average molecular weight is 349 g/mol. The summed E-state index contributed by atoms with van der Waals surface area (Å²) in [5.74, 6) is 0.0305. The van der Waals surface area contributed by atoms with Gasteiger partial charge in [-0.25, -0.2) is 4.79 Å². The molecule has 0 aliphatic heterocycles. The number of rotatable bonds is 5. The maximum Gasteiger partial charge on any atom is 0.319 e. The van der Waals surface area contributed by atoms with Gasteiger partial charge >= 0.3 is 6.03 Å². The minimum atomic E-state index is -0.162. The van der Waals surface area contributed by atoms with E-state index in [2.05, 4.69) is 22.0 Å². The van der Waals surface area contributed by atoms with Crippen molar-refractivity contribution in [2.45, 2.75) is 44.2 Å². The Morgan fingerprint density at radius 2 is 1.77 bits per heavy atom. The lowest BCUT2D eigenvalue weighted by atomic mass is 9.77. The minimum absolute atomic E-state index is 0.0410. The molecule has 2 aromatic carbocycles. The van der Waals surface area contributed by atoms with Crippen LogP contribution in [0.4, 0.5) is 10.5 Å². The van der Waals surface area contributed by atoms with Crippen LogP contribution in [0.3, 0.4) is 0 Å². The zero-order valence-corrected chi connectivity index (χ0v) is 14.8. The quantitative estimate of drug-likeness (QED) is 0.773. The van der Waals surface area contributed by atoms with E-state index in [4.69, 9.17) is 0 Å². The van der Waals surface area contributed by atoms with E-state index in [0.717, 1.165) is 36.1 Å². The number of carbonyl (C=O) groups is 2. The van der Waals surface area contributed by atoms with Crippen LogP contribution in [0.2, 0.25) is 0 Å². The second kappa shape index (κ2) is 6.83. The predicted octanol–water partition coefficient (Wildman–Crippen LogP) is 3.49. The largest absolute Gasteiger partial charge is 0.349 e. The molecule has 0 radical (unpaired) electrons. The number of benzene rings is 2. The third kappa shape index (κ3) is 3.57. The van der Waals surface area contributed by atoms with Crippen LogP contribution in [0.25, 0.3) is 0 Å². The van der Waals surface area contributed by atoms with Gasteiger partial charge in [-0.05, 0) is 55.0 Å². The van der Waals surface area contributed by atoms with Crippen molar-refractivity contribution in [2.75, 3.05) is 5.32 Å². The molecule has 0 aromatic heterocycles. The van der Waals surface area contributed by atoms with E-state index in [1.54, 1.807) is 0 Å². The third-order valence-electron chi connectivity index (χ3n) is 5.11. The lowest BCUT2D eigenvalue weighted by molar-refractivity contribution is -0.123. The maximum atomic E-state index is 12.5. The Balaban J connectivity index is 1.32. The molecule has 1 saturated carbocycles. The van der Waals surface area contributed by atoms with Crippen molar-refractivity contribution in [1.82, 2.24) is 10.6 Å². The first-order valence-corrected chi connectivity index (χ1v) is 9.16. The van der Waals surface area contributed by atoms with E-state index >= 15 is 0 Å². The van der Waals surface area contributed by atoms with Gasteiger partial charge < -0.3 is 16.0 Å². The summed E-state index contributed by atoms with van der Waals surface area (Å²) in [4.78, 5) is 24.3. The Morgan fingerprint density at radius 1 is 1.04 bits per heavy atom. The van der Waals surface area contributed by atoms with Crippen LogP contribution in [0, 0.1) is 0 Å². The fraction of sp³-hybridized carbons (Fsp3) is 0.333. The summed E-state index contributed by atoms with van der Waals surface area (Å²) in [6.45, 7) is 1.98. The number of urea groups is 1. The molecule has 2 aliphatic carbocycles. The van der Waals surface area contributed by atoms with E-state index in [1.165, 1.54) is 5.56 Å². The van der Waals surface area contributed by atoms with Crippen molar-refractivity contribution in [1.29, 1.82) is 0 Å². The second-order valence-electron chi connectivity index (χ2n) is 7.18. The average Bonchev–Trinajstić information content (AvgIpc) is 3.40. The van der Waals surface area contributed by atoms with Crippen LogP contribution in [-0.4, -0.2) is 18.0 Å². The van der Waals surface area contributed by atoms with Crippen LogP contribution in [0.5, 0.6) is 0 Å². The van der Waals surface area contributed by atoms with Gasteiger partial charge in [0.2, 0.25) is 5.91 Å². The number of carbonyl (C=O) groups excluding carboxylic acids is 2. The van der Waals surface area contributed by atoms with Crippen LogP contribution in [-0.2, 0) is 11.2 Å². The van der Waals surface area contributed by atoms with E-state index < -0.39 is 0 Å². The topological polar surface area (TPSA) is 70.2 Å². The smallest absolute Gasteiger partial charge is 0.319 e. The Morgan fingerprint density at radius 3 is 2.46 bits per heavy atom. The van der Waals surface area contributed by atoms with Crippen molar-refractivity contribution >= 4 is 17.6 Å². The summed E-state index contributed by atoms with van der Waals surface area (Å²) in [5.41, 5.74) is 4.16. The van der Waals surface area contributed by atoms with Gasteiger partial charge in [0.1, 0.15) is 0 Å². The molecule has 5 nitrogen and oxygen atoms in total. The molecule has 134 valence electrons. The molecule has 5 heteroatoms. The summed E-state index contributed by atoms with van der Waals surface area (Å²) >= 11 is 0. The molecular formula is C21H23N3O2. The SMILES string of the molecule is CC(NC(=O)C1Cc2ccccc21)c1ccc(NC(=O)NC2CC2)cc1. The summed E-state index contributed by atoms with van der Waals surface area (Å²) in [5, 5.41) is 8.82. The van der Waals surface area contributed by atoms with Gasteiger partial charge in [0.15, 0.2) is 0 Å². The molecule has 4 rings (SSSR count). The first-order valence-electron chi connectivity index (χ1n) is 9.16. The molecule has 0 saturated heterocycles. The van der Waals surface area contributed by atoms with Crippen LogP contribution >= 0.6 is 0 Å². The molecule has 3 N–H and O–H groups in total. The van der Waals surface area contributed by atoms with Gasteiger partial charge in [0, 0.05) is 11.7 Å². The van der Waals surface area contributed by atoms with Gasteiger partial charge in [0.05, 0.1) is 12.0 Å². The molecule has 2 unspecified atom stereocenters. The summed E-state index contributed by atoms with van der Waals surface area (Å²) in [6.07, 6.45) is 2.94. The highest BCUT2D eigenvalue weighted by Gasteiger charge is 2.32. The van der Waals surface area contributed by atoms with Gasteiger partial charge in [-0.2, -0.15) is 0 Å². The lowest BCUT2D eigenvalue weighted by Crippen LogP contribution is -2.36. The summed E-state index contributed by atoms with van der Waals surface area (Å²) in [7, 11) is 0. The van der Waals surface area contributed by atoms with Gasteiger partial charge in [-0.3, -0.25) is 4.79 Å². The highest BCUT2D eigenvalue weighted by Crippen LogP contribution is 2.35. The first-order chi connectivity index (χ1) is 12.6. The minimum Gasteiger partial charge on any atom is -0.349 e. The number of hydrogen-bond acceptors (Lipinski definition) is 2. The second-order valence-corrected chi connectivity index (χ2v) is 7.18. The molecule has 2 aromatic rings. The van der Waals surface area contributed by atoms with Crippen LogP contribution in [0.15, 0.2) is 48.5 Å². The number of fused-ring (bicyclic) bond motifs is 1. The summed E-state index contributed by atoms with van der Waals surface area (Å²) < 4.78 is 0. The third-order valence-corrected chi connectivity index (χ3v) is 5.11. The fourth-order valence-electron chi connectivity index (χ4n) is 3.33. The summed E-state index contributed by atoms with van der Waals surface area (Å²) in [6, 6.07) is 15.8. The van der Waals surface area contributed by atoms with Crippen molar-refractivity contribution in [3.63, 3.8) is 0 Å². The monoisotopic (exact) mass is 349 g/mol. The molecule has 1 fully saturated rings. The molecule has 2 aliphatic rings. The van der Waals surface area contributed by atoms with E-state index in [-0.39, 0.29) is 23.9 Å². The molecule has 0 bridgehead atoms. The van der Waals surface area contributed by atoms with Crippen molar-refractivity contribution in [3.8, 4) is 0 Å². The Labute approximate surface area is 153 Å². The van der Waals surface area contributed by atoms with Crippen LogP contribution in [0.1, 0.15) is 48.4 Å². The van der Waals surface area contributed by atoms with Crippen molar-refractivity contribution in [2.24, 2.45) is 0 Å². The van der Waals surface area contributed by atoms with Gasteiger partial charge in [-0.1, -0.05) is 36.4 Å². The van der Waals surface area contributed by atoms with Gasteiger partial charge in [-0.15, -0.1) is 0 Å². The molecule has 0 spiro atoms. The highest BCUT2D eigenvalue weighted by molar-refractivity contribution is 5.89. The Kier molecular flexibility index (Phi) is 4.37. The molecule has 26 heavy (non-hydrogen) atoms. The van der Waals surface area contributed by atoms with E-state index in [0.29, 0.717) is 6.04 Å². The Bertz CT molecular complexity index is 827. The molecule has 2 atom stereocenters. The van der Waals surface area contributed by atoms with E-state index in [1.807, 2.05) is 49.4 Å². The standard InChI is InChI=1S/C21H23N3O2/c1-13(22-20(25)19-12-15-4-2-3-5-18(15)19)14-6-8-16(9-7-14)23-21(26)24-17-10-11-17/h2-9,13,17,19H,10-12H2,1H3,(H,22,25)(H2,23,24,26). The number of amides is 3. The normalized spacial score (nSPS) is 18.9. The number of nitrogens with one attached hydrogen (secondary N) is 3.